The Hall–Kier alpha value is -1.02. The number of halogens is 1. The minimum absolute atomic E-state index is 0. The van der Waals surface area contributed by atoms with E-state index in [-0.39, 0.29) is 24.0 Å². The van der Waals surface area contributed by atoms with Crippen LogP contribution in [0, 0.1) is 0 Å². The molecular weight excluding hydrogens is 415 g/mol. The van der Waals surface area contributed by atoms with E-state index in [9.17, 15) is 0 Å². The monoisotopic (exact) mass is 446 g/mol. The minimum atomic E-state index is 0. The van der Waals surface area contributed by atoms with Gasteiger partial charge in [-0.25, -0.2) is 0 Å². The molecule has 0 aliphatic carbocycles. The Morgan fingerprint density at radius 2 is 1.83 bits per heavy atom. The van der Waals surface area contributed by atoms with Crippen LogP contribution in [0.15, 0.2) is 29.3 Å². The van der Waals surface area contributed by atoms with Crippen molar-refractivity contribution in [3.8, 4) is 0 Å². The van der Waals surface area contributed by atoms with Crippen molar-refractivity contribution in [1.29, 1.82) is 0 Å². The van der Waals surface area contributed by atoms with Gasteiger partial charge in [-0.2, -0.15) is 0 Å². The van der Waals surface area contributed by atoms with Crippen LogP contribution in [0.3, 0.4) is 0 Å². The molecule has 0 amide bonds. The fourth-order valence-electron chi connectivity index (χ4n) is 2.63. The third-order valence-corrected chi connectivity index (χ3v) is 4.07. The van der Waals surface area contributed by atoms with Crippen LogP contribution in [-0.4, -0.2) is 45.9 Å². The third kappa shape index (κ3) is 7.25. The fraction of sp³-hybridized carbons (Fsp3) is 0.611. The van der Waals surface area contributed by atoms with E-state index in [1.165, 1.54) is 30.5 Å². The Balaban J connectivity index is 0.00000288. The lowest BCUT2D eigenvalue weighted by molar-refractivity contribution is 0.122. The van der Waals surface area contributed by atoms with Crippen molar-refractivity contribution in [3.63, 3.8) is 0 Å². The fourth-order valence-corrected chi connectivity index (χ4v) is 2.63. The number of guanidine groups is 1. The van der Waals surface area contributed by atoms with E-state index >= 15 is 0 Å². The predicted molar refractivity (Wildman–Crippen MR) is 113 cm³/mol. The van der Waals surface area contributed by atoms with Crippen LogP contribution in [-0.2, 0) is 11.3 Å². The minimum Gasteiger partial charge on any atom is -0.378 e. The quantitative estimate of drug-likeness (QED) is 0.293. The van der Waals surface area contributed by atoms with E-state index < -0.39 is 0 Å². The molecule has 1 saturated heterocycles. The maximum atomic E-state index is 5.40. The number of anilines is 1. The van der Waals surface area contributed by atoms with E-state index in [0.717, 1.165) is 45.4 Å². The smallest absolute Gasteiger partial charge is 0.191 e. The second-order valence-corrected chi connectivity index (χ2v) is 5.83. The standard InChI is InChI=1S/C18H30N4O.HI/c1-3-4-5-10-20-18(19-2)21-15-16-6-8-17(9-7-16)22-11-13-23-14-12-22;/h6-9H,3-5,10-15H2,1-2H3,(H2,19,20,21);1H. The normalized spacial score (nSPS) is 14.9. The zero-order valence-electron chi connectivity index (χ0n) is 14.9. The van der Waals surface area contributed by atoms with Crippen molar-refractivity contribution >= 4 is 35.6 Å². The van der Waals surface area contributed by atoms with Crippen LogP contribution in [0.1, 0.15) is 31.7 Å². The molecule has 0 aromatic heterocycles. The van der Waals surface area contributed by atoms with Gasteiger partial charge in [0.25, 0.3) is 0 Å². The molecule has 0 atom stereocenters. The van der Waals surface area contributed by atoms with Crippen molar-refractivity contribution in [1.82, 2.24) is 10.6 Å². The molecule has 2 N–H and O–H groups in total. The maximum absolute atomic E-state index is 5.40. The molecule has 2 rings (SSSR count). The summed E-state index contributed by atoms with van der Waals surface area (Å²) in [5, 5.41) is 6.72. The zero-order valence-corrected chi connectivity index (χ0v) is 17.2. The lowest BCUT2D eigenvalue weighted by Gasteiger charge is -2.28. The average Bonchev–Trinajstić information content (AvgIpc) is 2.62. The molecule has 0 bridgehead atoms. The average molecular weight is 446 g/mol. The molecule has 5 nitrogen and oxygen atoms in total. The Labute approximate surface area is 163 Å². The van der Waals surface area contributed by atoms with Gasteiger partial charge in [-0.1, -0.05) is 31.9 Å². The molecule has 1 aromatic carbocycles. The van der Waals surface area contributed by atoms with Crippen LogP contribution in [0.4, 0.5) is 5.69 Å². The summed E-state index contributed by atoms with van der Waals surface area (Å²) in [6, 6.07) is 8.75. The Bertz CT molecular complexity index is 472. The number of nitrogens with one attached hydrogen (secondary N) is 2. The second-order valence-electron chi connectivity index (χ2n) is 5.83. The molecule has 6 heteroatoms. The van der Waals surface area contributed by atoms with E-state index in [0.29, 0.717) is 0 Å². The first-order chi connectivity index (χ1) is 11.3. The molecule has 0 unspecified atom stereocenters. The van der Waals surface area contributed by atoms with Crippen LogP contribution >= 0.6 is 24.0 Å². The summed E-state index contributed by atoms with van der Waals surface area (Å²) in [5.41, 5.74) is 2.54. The van der Waals surface area contributed by atoms with Gasteiger partial charge >= 0.3 is 0 Å². The molecule has 1 aliphatic heterocycles. The summed E-state index contributed by atoms with van der Waals surface area (Å²) in [4.78, 5) is 6.63. The van der Waals surface area contributed by atoms with Crippen LogP contribution in [0.5, 0.6) is 0 Å². The van der Waals surface area contributed by atoms with E-state index in [4.69, 9.17) is 4.74 Å². The molecular formula is C18H31IN4O. The first-order valence-corrected chi connectivity index (χ1v) is 8.69. The van der Waals surface area contributed by atoms with Crippen LogP contribution in [0.2, 0.25) is 0 Å². The Kier molecular flexibility index (Phi) is 10.8. The van der Waals surface area contributed by atoms with E-state index in [2.05, 4.69) is 51.7 Å². The van der Waals surface area contributed by atoms with Gasteiger partial charge in [-0.3, -0.25) is 4.99 Å². The second kappa shape index (κ2) is 12.4. The van der Waals surface area contributed by atoms with Crippen LogP contribution < -0.4 is 15.5 Å². The van der Waals surface area contributed by atoms with Crippen LogP contribution in [0.25, 0.3) is 0 Å². The topological polar surface area (TPSA) is 48.9 Å². The number of nitrogens with zero attached hydrogens (tertiary/aromatic N) is 2. The lowest BCUT2D eigenvalue weighted by Crippen LogP contribution is -2.37. The van der Waals surface area contributed by atoms with Gasteiger partial charge < -0.3 is 20.3 Å². The van der Waals surface area contributed by atoms with Gasteiger partial charge in [0.2, 0.25) is 0 Å². The summed E-state index contributed by atoms with van der Waals surface area (Å²) in [7, 11) is 1.82. The number of rotatable bonds is 7. The molecule has 24 heavy (non-hydrogen) atoms. The Morgan fingerprint density at radius 1 is 1.12 bits per heavy atom. The van der Waals surface area contributed by atoms with Gasteiger partial charge in [0.05, 0.1) is 13.2 Å². The van der Waals surface area contributed by atoms with Crippen molar-refractivity contribution in [2.45, 2.75) is 32.7 Å². The highest BCUT2D eigenvalue weighted by molar-refractivity contribution is 14.0. The highest BCUT2D eigenvalue weighted by atomic mass is 127. The van der Waals surface area contributed by atoms with Crippen molar-refractivity contribution in [2.75, 3.05) is 44.8 Å². The van der Waals surface area contributed by atoms with Gasteiger partial charge in [0.1, 0.15) is 0 Å². The molecule has 0 spiro atoms. The molecule has 1 aliphatic rings. The molecule has 1 fully saturated rings. The summed E-state index contributed by atoms with van der Waals surface area (Å²) >= 11 is 0. The molecule has 136 valence electrons. The number of aliphatic imine (C=N–C) groups is 1. The zero-order chi connectivity index (χ0) is 16.3. The number of hydrogen-bond acceptors (Lipinski definition) is 3. The maximum Gasteiger partial charge on any atom is 0.191 e. The summed E-state index contributed by atoms with van der Waals surface area (Å²) in [6.45, 7) is 7.58. The number of unbranched alkanes of at least 4 members (excludes halogenated alkanes) is 2. The molecule has 0 radical (unpaired) electrons. The van der Waals surface area contributed by atoms with E-state index in [1.54, 1.807) is 0 Å². The van der Waals surface area contributed by atoms with Crippen molar-refractivity contribution in [2.24, 2.45) is 4.99 Å². The van der Waals surface area contributed by atoms with Crippen molar-refractivity contribution in [3.05, 3.63) is 29.8 Å². The number of hydrogen-bond donors (Lipinski definition) is 2. The van der Waals surface area contributed by atoms with Crippen molar-refractivity contribution < 1.29 is 4.74 Å². The molecule has 0 saturated carbocycles. The highest BCUT2D eigenvalue weighted by Gasteiger charge is 2.10. The summed E-state index contributed by atoms with van der Waals surface area (Å²) in [6.07, 6.45) is 3.68. The number of ether oxygens (including phenoxy) is 1. The van der Waals surface area contributed by atoms with Gasteiger partial charge in [0.15, 0.2) is 5.96 Å². The lowest BCUT2D eigenvalue weighted by atomic mass is 10.2. The van der Waals surface area contributed by atoms with E-state index in [1.807, 2.05) is 7.05 Å². The SMILES string of the molecule is CCCCCNC(=NC)NCc1ccc(N2CCOCC2)cc1.I. The molecule has 1 aromatic rings. The first-order valence-electron chi connectivity index (χ1n) is 8.69. The third-order valence-electron chi connectivity index (χ3n) is 4.07. The highest BCUT2D eigenvalue weighted by Crippen LogP contribution is 2.16. The van der Waals surface area contributed by atoms with Gasteiger partial charge in [0, 0.05) is 38.9 Å². The summed E-state index contributed by atoms with van der Waals surface area (Å²) in [5.74, 6) is 0.873. The molecule has 1 heterocycles. The first kappa shape index (κ1) is 21.0. The van der Waals surface area contributed by atoms with Gasteiger partial charge in [-0.15, -0.1) is 24.0 Å². The largest absolute Gasteiger partial charge is 0.378 e. The van der Waals surface area contributed by atoms with Gasteiger partial charge in [-0.05, 0) is 24.1 Å². The summed E-state index contributed by atoms with van der Waals surface area (Å²) < 4.78 is 5.40. The number of benzene rings is 1. The predicted octanol–water partition coefficient (Wildman–Crippen LogP) is 3.00. The number of morpholine rings is 1. The Morgan fingerprint density at radius 3 is 2.46 bits per heavy atom.